The van der Waals surface area contributed by atoms with E-state index in [4.69, 9.17) is 10.5 Å². The van der Waals surface area contributed by atoms with Gasteiger partial charge >= 0.3 is 6.09 Å². The van der Waals surface area contributed by atoms with Gasteiger partial charge in [0, 0.05) is 13.0 Å². The molecule has 0 unspecified atom stereocenters. The highest BCUT2D eigenvalue weighted by atomic mass is 16.6. The number of amides is 2. The average Bonchev–Trinajstić information content (AvgIpc) is 2.56. The molecule has 0 aliphatic rings. The molecule has 0 spiro atoms. The summed E-state index contributed by atoms with van der Waals surface area (Å²) in [5.74, 6) is -0.196. The molecule has 1 rings (SSSR count). The number of hydrogen-bond acceptors (Lipinski definition) is 4. The van der Waals surface area contributed by atoms with Crippen molar-refractivity contribution in [1.29, 1.82) is 0 Å². The van der Waals surface area contributed by atoms with E-state index in [1.165, 1.54) is 0 Å². The van der Waals surface area contributed by atoms with Crippen molar-refractivity contribution in [3.05, 3.63) is 35.9 Å². The molecule has 6 nitrogen and oxygen atoms in total. The van der Waals surface area contributed by atoms with Crippen molar-refractivity contribution in [2.75, 3.05) is 13.1 Å². The highest BCUT2D eigenvalue weighted by Crippen LogP contribution is 2.09. The highest BCUT2D eigenvalue weighted by Gasteiger charge is 2.24. The molecule has 0 aliphatic carbocycles. The zero-order valence-electron chi connectivity index (χ0n) is 16.2. The van der Waals surface area contributed by atoms with Gasteiger partial charge in [-0.1, -0.05) is 43.2 Å². The van der Waals surface area contributed by atoms with E-state index >= 15 is 0 Å². The van der Waals surface area contributed by atoms with Gasteiger partial charge in [-0.2, -0.15) is 0 Å². The zero-order valence-corrected chi connectivity index (χ0v) is 16.2. The molecule has 6 heteroatoms. The summed E-state index contributed by atoms with van der Waals surface area (Å²) in [5, 5.41) is 5.60. The van der Waals surface area contributed by atoms with Gasteiger partial charge in [-0.15, -0.1) is 0 Å². The Morgan fingerprint density at radius 2 is 1.73 bits per heavy atom. The molecule has 0 aromatic heterocycles. The molecule has 0 bridgehead atoms. The third-order valence-corrected chi connectivity index (χ3v) is 3.72. The maximum absolute atomic E-state index is 12.5. The maximum Gasteiger partial charge on any atom is 0.408 e. The number of unbranched alkanes of at least 4 members (excludes halogenated alkanes) is 3. The van der Waals surface area contributed by atoms with E-state index < -0.39 is 17.7 Å². The summed E-state index contributed by atoms with van der Waals surface area (Å²) in [7, 11) is 0. The fraction of sp³-hybridized carbons (Fsp3) is 0.600. The summed E-state index contributed by atoms with van der Waals surface area (Å²) < 4.78 is 5.28. The van der Waals surface area contributed by atoms with Crippen molar-refractivity contribution >= 4 is 12.0 Å². The summed E-state index contributed by atoms with van der Waals surface area (Å²) >= 11 is 0. The normalized spacial score (nSPS) is 12.3. The van der Waals surface area contributed by atoms with Crippen molar-refractivity contribution in [3.8, 4) is 0 Å². The molecule has 4 N–H and O–H groups in total. The lowest BCUT2D eigenvalue weighted by molar-refractivity contribution is -0.123. The molecule has 0 aliphatic heterocycles. The summed E-state index contributed by atoms with van der Waals surface area (Å²) in [6, 6.07) is 8.94. The molecular weight excluding hydrogens is 330 g/mol. The predicted molar refractivity (Wildman–Crippen MR) is 104 cm³/mol. The fourth-order valence-electron chi connectivity index (χ4n) is 2.47. The highest BCUT2D eigenvalue weighted by molar-refractivity contribution is 5.86. The molecule has 0 fully saturated rings. The second-order valence-electron chi connectivity index (χ2n) is 7.38. The SMILES string of the molecule is CC(C)(C)OC(=O)N[C@@H](Cc1ccccc1)C(=O)NCCCCCCN. The Bertz CT molecular complexity index is 541. The minimum Gasteiger partial charge on any atom is -0.444 e. The van der Waals surface area contributed by atoms with E-state index in [2.05, 4.69) is 10.6 Å². The standard InChI is InChI=1S/C20H33N3O3/c1-20(2,3)26-19(25)23-17(15-16-11-7-6-8-12-16)18(24)22-14-10-5-4-9-13-21/h6-8,11-12,17H,4-5,9-10,13-15,21H2,1-3H3,(H,22,24)(H,23,25)/t17-/m0/s1. The molecule has 0 radical (unpaired) electrons. The summed E-state index contributed by atoms with van der Waals surface area (Å²) in [6.07, 6.45) is 3.83. The maximum atomic E-state index is 12.5. The van der Waals surface area contributed by atoms with Crippen molar-refractivity contribution < 1.29 is 14.3 Å². The van der Waals surface area contributed by atoms with Gasteiger partial charge in [0.1, 0.15) is 11.6 Å². The van der Waals surface area contributed by atoms with E-state index in [0.717, 1.165) is 31.2 Å². The van der Waals surface area contributed by atoms with Crippen LogP contribution in [0.25, 0.3) is 0 Å². The van der Waals surface area contributed by atoms with E-state index in [1.54, 1.807) is 20.8 Å². The Labute approximate surface area is 156 Å². The summed E-state index contributed by atoms with van der Waals surface area (Å²) in [6.45, 7) is 6.66. The zero-order chi connectivity index (χ0) is 19.4. The monoisotopic (exact) mass is 363 g/mol. The van der Waals surface area contributed by atoms with Crippen LogP contribution in [-0.4, -0.2) is 36.7 Å². The van der Waals surface area contributed by atoms with Crippen molar-refractivity contribution in [2.45, 2.75) is 64.5 Å². The molecular formula is C20H33N3O3. The third-order valence-electron chi connectivity index (χ3n) is 3.72. The number of rotatable bonds is 10. The van der Waals surface area contributed by atoms with Crippen LogP contribution in [0.3, 0.4) is 0 Å². The van der Waals surface area contributed by atoms with Gasteiger partial charge < -0.3 is 21.1 Å². The van der Waals surface area contributed by atoms with E-state index in [9.17, 15) is 9.59 Å². The van der Waals surface area contributed by atoms with E-state index in [1.807, 2.05) is 30.3 Å². The van der Waals surface area contributed by atoms with Crippen LogP contribution in [0.1, 0.15) is 52.0 Å². The Hall–Kier alpha value is -2.08. The van der Waals surface area contributed by atoms with Crippen molar-refractivity contribution in [3.63, 3.8) is 0 Å². The van der Waals surface area contributed by atoms with Gasteiger partial charge in [-0.25, -0.2) is 4.79 Å². The van der Waals surface area contributed by atoms with Crippen LogP contribution in [0.2, 0.25) is 0 Å². The molecule has 1 aromatic rings. The number of carbonyl (C=O) groups excluding carboxylic acids is 2. The quantitative estimate of drug-likeness (QED) is 0.557. The number of benzene rings is 1. The van der Waals surface area contributed by atoms with Crippen LogP contribution >= 0.6 is 0 Å². The summed E-state index contributed by atoms with van der Waals surface area (Å²) in [4.78, 5) is 24.6. The summed E-state index contributed by atoms with van der Waals surface area (Å²) in [5.41, 5.74) is 5.84. The first-order valence-corrected chi connectivity index (χ1v) is 9.33. The first-order valence-electron chi connectivity index (χ1n) is 9.33. The lowest BCUT2D eigenvalue weighted by Gasteiger charge is -2.23. The minimum atomic E-state index is -0.670. The number of nitrogens with two attached hydrogens (primary N) is 1. The molecule has 146 valence electrons. The van der Waals surface area contributed by atoms with Crippen LogP contribution in [0, 0.1) is 0 Å². The van der Waals surface area contributed by atoms with Gasteiger partial charge in [0.25, 0.3) is 0 Å². The molecule has 2 amide bonds. The van der Waals surface area contributed by atoms with E-state index in [-0.39, 0.29) is 5.91 Å². The largest absolute Gasteiger partial charge is 0.444 e. The number of alkyl carbamates (subject to hydrolysis) is 1. The molecule has 1 atom stereocenters. The second-order valence-corrected chi connectivity index (χ2v) is 7.38. The van der Waals surface area contributed by atoms with Crippen LogP contribution in [0.4, 0.5) is 4.79 Å². The predicted octanol–water partition coefficient (Wildman–Crippen LogP) is 2.76. The Kier molecular flexibility index (Phi) is 9.73. The Balaban J connectivity index is 2.58. The molecule has 1 aromatic carbocycles. The van der Waals surface area contributed by atoms with Crippen molar-refractivity contribution in [2.24, 2.45) is 5.73 Å². The first kappa shape index (κ1) is 22.0. The minimum absolute atomic E-state index is 0.196. The first-order chi connectivity index (χ1) is 12.3. The molecule has 0 saturated carbocycles. The van der Waals surface area contributed by atoms with Crippen molar-refractivity contribution in [1.82, 2.24) is 10.6 Å². The van der Waals surface area contributed by atoms with Gasteiger partial charge in [-0.05, 0) is 45.7 Å². The number of hydrogen-bond donors (Lipinski definition) is 3. The molecule has 26 heavy (non-hydrogen) atoms. The van der Waals surface area contributed by atoms with Gasteiger partial charge in [-0.3, -0.25) is 4.79 Å². The van der Waals surface area contributed by atoms with E-state index in [0.29, 0.717) is 19.5 Å². The van der Waals surface area contributed by atoms with Gasteiger partial charge in [0.2, 0.25) is 5.91 Å². The van der Waals surface area contributed by atoms with Crippen LogP contribution in [0.15, 0.2) is 30.3 Å². The van der Waals surface area contributed by atoms with Crippen LogP contribution in [-0.2, 0) is 16.0 Å². The lowest BCUT2D eigenvalue weighted by atomic mass is 10.1. The number of carbonyl (C=O) groups is 2. The third kappa shape index (κ3) is 10.0. The Morgan fingerprint density at radius 3 is 2.35 bits per heavy atom. The molecule has 0 saturated heterocycles. The van der Waals surface area contributed by atoms with Gasteiger partial charge in [0.05, 0.1) is 0 Å². The number of nitrogens with one attached hydrogen (secondary N) is 2. The Morgan fingerprint density at radius 1 is 1.08 bits per heavy atom. The topological polar surface area (TPSA) is 93.4 Å². The molecule has 0 heterocycles. The fourth-order valence-corrected chi connectivity index (χ4v) is 2.47. The second kappa shape index (κ2) is 11.5. The number of ether oxygens (including phenoxy) is 1. The van der Waals surface area contributed by atoms with Crippen LogP contribution in [0.5, 0.6) is 0 Å². The van der Waals surface area contributed by atoms with Crippen LogP contribution < -0.4 is 16.4 Å². The lowest BCUT2D eigenvalue weighted by Crippen LogP contribution is -2.49. The van der Waals surface area contributed by atoms with Gasteiger partial charge in [0.15, 0.2) is 0 Å². The average molecular weight is 364 g/mol. The smallest absolute Gasteiger partial charge is 0.408 e.